The Labute approximate surface area is 192 Å². The van der Waals surface area contributed by atoms with Crippen LogP contribution in [-0.4, -0.2) is 38.7 Å². The number of amides is 1. The zero-order valence-electron chi connectivity index (χ0n) is 19.2. The Bertz CT molecular complexity index is 1190. The van der Waals surface area contributed by atoms with Crippen LogP contribution in [0.1, 0.15) is 38.2 Å². The van der Waals surface area contributed by atoms with E-state index >= 15 is 0 Å². The van der Waals surface area contributed by atoms with Gasteiger partial charge in [-0.3, -0.25) is 4.79 Å². The van der Waals surface area contributed by atoms with E-state index in [0.29, 0.717) is 30.9 Å². The number of methoxy groups -OCH3 is 2. The van der Waals surface area contributed by atoms with Gasteiger partial charge >= 0.3 is 5.97 Å². The largest absolute Gasteiger partial charge is 0.494 e. The smallest absolute Gasteiger partial charge is 0.328 e. The average Bonchev–Trinajstić information content (AvgIpc) is 3.28. The predicted octanol–water partition coefficient (Wildman–Crippen LogP) is 4.51. The van der Waals surface area contributed by atoms with Gasteiger partial charge in [-0.25, -0.2) is 4.79 Å². The molecule has 1 amide bonds. The number of benzene rings is 3. The van der Waals surface area contributed by atoms with Crippen molar-refractivity contribution in [1.82, 2.24) is 5.32 Å². The number of fused-ring (bicyclic) bond motifs is 3. The van der Waals surface area contributed by atoms with Gasteiger partial charge in [0.15, 0.2) is 11.5 Å². The Morgan fingerprint density at radius 3 is 2.45 bits per heavy atom. The average molecular weight is 452 g/mol. The molecule has 1 fully saturated rings. The summed E-state index contributed by atoms with van der Waals surface area (Å²) in [6, 6.07) is 11.3. The minimum absolute atomic E-state index is 0.0852. The summed E-state index contributed by atoms with van der Waals surface area (Å²) in [6.45, 7) is 2.89. The van der Waals surface area contributed by atoms with E-state index in [4.69, 9.17) is 18.9 Å². The van der Waals surface area contributed by atoms with Crippen LogP contribution in [0.2, 0.25) is 0 Å². The van der Waals surface area contributed by atoms with E-state index in [0.717, 1.165) is 45.7 Å². The predicted molar refractivity (Wildman–Crippen MR) is 126 cm³/mol. The highest BCUT2D eigenvalue weighted by molar-refractivity contribution is 6.10. The molecule has 0 aromatic heterocycles. The van der Waals surface area contributed by atoms with Crippen molar-refractivity contribution in [2.24, 2.45) is 0 Å². The first-order valence-corrected chi connectivity index (χ1v) is 11.2. The van der Waals surface area contributed by atoms with E-state index < -0.39 is 12.0 Å². The normalized spacial score (nSPS) is 15.5. The van der Waals surface area contributed by atoms with E-state index in [9.17, 15) is 9.59 Å². The highest BCUT2D eigenvalue weighted by atomic mass is 16.5. The molecule has 7 nitrogen and oxygen atoms in total. The monoisotopic (exact) mass is 451 g/mol. The number of hydrogen-bond acceptors (Lipinski definition) is 6. The minimum atomic E-state index is -0.582. The van der Waals surface area contributed by atoms with Gasteiger partial charge in [-0.05, 0) is 70.3 Å². The molecule has 1 atom stereocenters. The van der Waals surface area contributed by atoms with Crippen LogP contribution in [0.15, 0.2) is 36.4 Å². The third-order valence-electron chi connectivity index (χ3n) is 5.93. The summed E-state index contributed by atoms with van der Waals surface area (Å²) in [7, 11) is 3.19. The number of carbonyl (C=O) groups excluding carboxylic acids is 2. The second-order valence-corrected chi connectivity index (χ2v) is 8.14. The first kappa shape index (κ1) is 22.7. The van der Waals surface area contributed by atoms with Crippen LogP contribution in [0.25, 0.3) is 21.5 Å². The van der Waals surface area contributed by atoms with Gasteiger partial charge in [0.2, 0.25) is 5.91 Å². The molecule has 7 heteroatoms. The van der Waals surface area contributed by atoms with Crippen molar-refractivity contribution >= 4 is 33.4 Å². The van der Waals surface area contributed by atoms with E-state index in [1.807, 2.05) is 36.4 Å². The summed E-state index contributed by atoms with van der Waals surface area (Å²) in [5, 5.41) is 6.51. The summed E-state index contributed by atoms with van der Waals surface area (Å²) in [4.78, 5) is 23.9. The van der Waals surface area contributed by atoms with Gasteiger partial charge in [0.25, 0.3) is 0 Å². The third-order valence-corrected chi connectivity index (χ3v) is 5.93. The number of ether oxygens (including phenoxy) is 4. The van der Waals surface area contributed by atoms with Crippen LogP contribution in [0.3, 0.4) is 0 Å². The molecule has 1 aliphatic heterocycles. The quantitative estimate of drug-likeness (QED) is 0.293. The van der Waals surface area contributed by atoms with Gasteiger partial charge < -0.3 is 24.3 Å². The van der Waals surface area contributed by atoms with Crippen molar-refractivity contribution in [3.63, 3.8) is 0 Å². The number of rotatable bonds is 9. The molecule has 3 aromatic carbocycles. The lowest BCUT2D eigenvalue weighted by atomic mass is 9.96. The highest BCUT2D eigenvalue weighted by Gasteiger charge is 2.28. The molecule has 1 N–H and O–H groups in total. The van der Waals surface area contributed by atoms with E-state index in [2.05, 4.69) is 12.2 Å². The third kappa shape index (κ3) is 4.82. The summed E-state index contributed by atoms with van der Waals surface area (Å²) in [5.41, 5.74) is 0.843. The van der Waals surface area contributed by atoms with Crippen molar-refractivity contribution in [2.45, 2.75) is 45.3 Å². The van der Waals surface area contributed by atoms with Crippen LogP contribution in [0, 0.1) is 0 Å². The fourth-order valence-corrected chi connectivity index (χ4v) is 4.11. The molecular formula is C26H29NO6. The molecule has 174 valence electrons. The summed E-state index contributed by atoms with van der Waals surface area (Å²) >= 11 is 0. The molecule has 3 aromatic rings. The Hall–Kier alpha value is -3.48. The maximum absolute atomic E-state index is 12.5. The number of unbranched alkanes of at least 4 members (excludes halogenated alkanes) is 1. The fraction of sp³-hybridized carbons (Fsp3) is 0.385. The lowest BCUT2D eigenvalue weighted by Gasteiger charge is -2.16. The molecule has 1 heterocycles. The number of nitrogens with one attached hydrogen (secondary N) is 1. The summed E-state index contributed by atoms with van der Waals surface area (Å²) < 4.78 is 22.6. The molecule has 0 spiro atoms. The molecule has 0 aliphatic carbocycles. The van der Waals surface area contributed by atoms with Crippen molar-refractivity contribution in [2.75, 3.05) is 20.8 Å². The lowest BCUT2D eigenvalue weighted by molar-refractivity contribution is -0.147. The van der Waals surface area contributed by atoms with Gasteiger partial charge in [-0.15, -0.1) is 0 Å². The topological polar surface area (TPSA) is 83.1 Å². The van der Waals surface area contributed by atoms with E-state index in [1.54, 1.807) is 14.2 Å². The molecule has 0 saturated carbocycles. The summed E-state index contributed by atoms with van der Waals surface area (Å²) in [6.07, 6.45) is 2.87. The van der Waals surface area contributed by atoms with Crippen LogP contribution < -0.4 is 19.5 Å². The second kappa shape index (κ2) is 9.98. The summed E-state index contributed by atoms with van der Waals surface area (Å²) in [5.74, 6) is 1.47. The van der Waals surface area contributed by atoms with Gasteiger partial charge in [0, 0.05) is 6.42 Å². The SMILES string of the molecule is CCCCOc1ccc2cc(COC(=O)C3CCC(=O)N3)c3cc(OC)c(OC)cc3c2c1. The second-order valence-electron chi connectivity index (χ2n) is 8.14. The van der Waals surface area contributed by atoms with E-state index in [-0.39, 0.29) is 12.5 Å². The van der Waals surface area contributed by atoms with Crippen LogP contribution in [0.5, 0.6) is 17.2 Å². The van der Waals surface area contributed by atoms with Gasteiger partial charge in [0.1, 0.15) is 18.4 Å². The highest BCUT2D eigenvalue weighted by Crippen LogP contribution is 2.39. The molecule has 1 aliphatic rings. The van der Waals surface area contributed by atoms with Crippen molar-refractivity contribution < 1.29 is 28.5 Å². The van der Waals surface area contributed by atoms with Crippen molar-refractivity contribution in [1.29, 1.82) is 0 Å². The van der Waals surface area contributed by atoms with Crippen molar-refractivity contribution in [3.05, 3.63) is 42.0 Å². The standard InChI is InChI=1S/C26H29NO6/c1-4-5-10-32-18-7-6-16-11-17(15-33-26(29)22-8-9-25(28)27-22)20-13-23(30-2)24(31-3)14-21(20)19(16)12-18/h6-7,11-14,22H,4-5,8-10,15H2,1-3H3,(H,27,28). The molecule has 33 heavy (non-hydrogen) atoms. The maximum atomic E-state index is 12.5. The van der Waals surface area contributed by atoms with Gasteiger partial charge in [-0.1, -0.05) is 19.4 Å². The zero-order valence-corrected chi connectivity index (χ0v) is 19.2. The number of carbonyl (C=O) groups is 2. The van der Waals surface area contributed by atoms with Crippen LogP contribution in [0.4, 0.5) is 0 Å². The first-order chi connectivity index (χ1) is 16.0. The molecule has 0 radical (unpaired) electrons. The molecule has 1 saturated heterocycles. The van der Waals surface area contributed by atoms with Crippen molar-refractivity contribution in [3.8, 4) is 17.2 Å². The zero-order chi connectivity index (χ0) is 23.4. The lowest BCUT2D eigenvalue weighted by Crippen LogP contribution is -2.34. The minimum Gasteiger partial charge on any atom is -0.494 e. The Balaban J connectivity index is 1.74. The number of hydrogen-bond donors (Lipinski definition) is 1. The van der Waals surface area contributed by atoms with E-state index in [1.165, 1.54) is 0 Å². The van der Waals surface area contributed by atoms with Crippen LogP contribution >= 0.6 is 0 Å². The van der Waals surface area contributed by atoms with Gasteiger partial charge in [0.05, 0.1) is 20.8 Å². The number of esters is 1. The Kier molecular flexibility index (Phi) is 6.87. The van der Waals surface area contributed by atoms with Gasteiger partial charge in [-0.2, -0.15) is 0 Å². The molecular weight excluding hydrogens is 422 g/mol. The maximum Gasteiger partial charge on any atom is 0.328 e. The molecule has 4 rings (SSSR count). The molecule has 1 unspecified atom stereocenters. The van der Waals surface area contributed by atoms with Crippen LogP contribution in [-0.2, 0) is 20.9 Å². The Morgan fingerprint density at radius 2 is 1.79 bits per heavy atom. The first-order valence-electron chi connectivity index (χ1n) is 11.2. The molecule has 0 bridgehead atoms. The Morgan fingerprint density at radius 1 is 1.03 bits per heavy atom. The fourth-order valence-electron chi connectivity index (χ4n) is 4.11.